The number of rotatable bonds is 4. The van der Waals surface area contributed by atoms with Crippen LogP contribution in [0, 0.1) is 12.7 Å². The number of anilines is 1. The molecule has 4 rings (SSSR count). The first-order valence-corrected chi connectivity index (χ1v) is 9.11. The fraction of sp³-hybridized carbons (Fsp3) is 0.300. The van der Waals surface area contributed by atoms with E-state index in [-0.39, 0.29) is 29.4 Å². The van der Waals surface area contributed by atoms with Gasteiger partial charge in [-0.05, 0) is 43.5 Å². The molecule has 1 saturated heterocycles. The van der Waals surface area contributed by atoms with Gasteiger partial charge >= 0.3 is 0 Å². The zero-order valence-corrected chi connectivity index (χ0v) is 15.4. The molecule has 1 aromatic carbocycles. The van der Waals surface area contributed by atoms with Crippen molar-refractivity contribution in [2.45, 2.75) is 32.2 Å². The number of likely N-dealkylation sites (tertiary alicyclic amines) is 1. The third-order valence-electron chi connectivity index (χ3n) is 4.75. The van der Waals surface area contributed by atoms with E-state index in [0.29, 0.717) is 30.3 Å². The summed E-state index contributed by atoms with van der Waals surface area (Å²) in [6, 6.07) is 7.64. The number of hydrogen-bond acceptors (Lipinski definition) is 6. The van der Waals surface area contributed by atoms with Gasteiger partial charge in [0.05, 0.1) is 6.20 Å². The molecular weight excluding hydrogens is 361 g/mol. The van der Waals surface area contributed by atoms with Gasteiger partial charge in [-0.1, -0.05) is 12.1 Å². The third-order valence-corrected chi connectivity index (χ3v) is 4.75. The number of oxazole rings is 1. The summed E-state index contributed by atoms with van der Waals surface area (Å²) in [5.41, 5.74) is 7.52. The van der Waals surface area contributed by atoms with Crippen molar-refractivity contribution in [3.05, 3.63) is 70.9 Å². The Morgan fingerprint density at radius 3 is 2.86 bits per heavy atom. The highest BCUT2D eigenvalue weighted by Crippen LogP contribution is 2.33. The number of halogens is 1. The molecule has 144 valence electrons. The maximum absolute atomic E-state index is 13.1. The van der Waals surface area contributed by atoms with Crippen LogP contribution in [0.3, 0.4) is 0 Å². The van der Waals surface area contributed by atoms with Crippen LogP contribution in [0.15, 0.2) is 40.9 Å². The lowest BCUT2D eigenvalue weighted by Gasteiger charge is -2.22. The van der Waals surface area contributed by atoms with Crippen LogP contribution in [0.1, 0.15) is 52.3 Å². The number of benzene rings is 1. The van der Waals surface area contributed by atoms with E-state index in [1.165, 1.54) is 12.1 Å². The number of aromatic nitrogens is 3. The van der Waals surface area contributed by atoms with Crippen LogP contribution in [0.4, 0.5) is 10.3 Å². The van der Waals surface area contributed by atoms with Crippen LogP contribution in [-0.2, 0) is 6.42 Å². The Kier molecular flexibility index (Phi) is 4.77. The minimum Gasteiger partial charge on any atom is -0.443 e. The van der Waals surface area contributed by atoms with E-state index in [4.69, 9.17) is 10.2 Å². The van der Waals surface area contributed by atoms with Crippen molar-refractivity contribution in [2.75, 3.05) is 12.3 Å². The van der Waals surface area contributed by atoms with E-state index >= 15 is 0 Å². The van der Waals surface area contributed by atoms with Crippen molar-refractivity contribution in [2.24, 2.45) is 0 Å². The fourth-order valence-corrected chi connectivity index (χ4v) is 3.48. The Balaban J connectivity index is 1.52. The molecule has 0 bridgehead atoms. The van der Waals surface area contributed by atoms with Crippen molar-refractivity contribution >= 4 is 11.9 Å². The Bertz CT molecular complexity index is 982. The van der Waals surface area contributed by atoms with Gasteiger partial charge in [-0.3, -0.25) is 4.79 Å². The van der Waals surface area contributed by atoms with Crippen LogP contribution in [0.5, 0.6) is 0 Å². The molecule has 7 nitrogen and oxygen atoms in total. The van der Waals surface area contributed by atoms with Gasteiger partial charge in [0.2, 0.25) is 11.8 Å². The first-order valence-electron chi connectivity index (χ1n) is 9.11. The average molecular weight is 381 g/mol. The van der Waals surface area contributed by atoms with Crippen LogP contribution >= 0.6 is 0 Å². The second kappa shape index (κ2) is 7.38. The van der Waals surface area contributed by atoms with Crippen LogP contribution in [0.25, 0.3) is 0 Å². The summed E-state index contributed by atoms with van der Waals surface area (Å²) in [5, 5.41) is 0. The number of amides is 1. The van der Waals surface area contributed by atoms with Crippen LogP contribution in [0.2, 0.25) is 0 Å². The highest BCUT2D eigenvalue weighted by molar-refractivity contribution is 5.93. The lowest BCUT2D eigenvalue weighted by molar-refractivity contribution is 0.0708. The summed E-state index contributed by atoms with van der Waals surface area (Å²) >= 11 is 0. The summed E-state index contributed by atoms with van der Waals surface area (Å²) in [5.74, 6) is 0.766. The first-order chi connectivity index (χ1) is 13.5. The SMILES string of the molecule is Cc1cc(C(=O)N2CCC[C@@H]2c2ncc(Cc3ccc(F)cc3)o2)nc(N)n1. The van der Waals surface area contributed by atoms with Crippen LogP contribution < -0.4 is 5.73 Å². The Hall–Kier alpha value is -3.29. The maximum atomic E-state index is 13.1. The molecule has 3 heterocycles. The van der Waals surface area contributed by atoms with Crippen molar-refractivity contribution in [1.29, 1.82) is 0 Å². The number of nitrogens with two attached hydrogens (primary N) is 1. The van der Waals surface area contributed by atoms with Crippen molar-refractivity contribution in [3.63, 3.8) is 0 Å². The summed E-state index contributed by atoms with van der Waals surface area (Å²) in [6.45, 7) is 2.37. The molecule has 1 aliphatic heterocycles. The number of carbonyl (C=O) groups is 1. The Labute approximate surface area is 161 Å². The van der Waals surface area contributed by atoms with E-state index in [0.717, 1.165) is 18.4 Å². The predicted octanol–water partition coefficient (Wildman–Crippen LogP) is 3.06. The monoisotopic (exact) mass is 381 g/mol. The first kappa shape index (κ1) is 18.1. The smallest absolute Gasteiger partial charge is 0.273 e. The summed E-state index contributed by atoms with van der Waals surface area (Å²) in [6.07, 6.45) is 3.79. The maximum Gasteiger partial charge on any atom is 0.273 e. The van der Waals surface area contributed by atoms with E-state index in [2.05, 4.69) is 15.0 Å². The third kappa shape index (κ3) is 3.71. The molecule has 0 unspecified atom stereocenters. The van der Waals surface area contributed by atoms with Gasteiger partial charge in [-0.2, -0.15) is 0 Å². The van der Waals surface area contributed by atoms with Gasteiger partial charge in [0, 0.05) is 18.7 Å². The summed E-state index contributed by atoms with van der Waals surface area (Å²) in [4.78, 5) is 27.1. The molecule has 3 aromatic rings. The molecule has 0 aliphatic carbocycles. The van der Waals surface area contributed by atoms with Gasteiger partial charge in [-0.15, -0.1) is 0 Å². The lowest BCUT2D eigenvalue weighted by atomic mass is 10.1. The molecule has 28 heavy (non-hydrogen) atoms. The van der Waals surface area contributed by atoms with Gasteiger partial charge in [0.25, 0.3) is 5.91 Å². The normalized spacial score (nSPS) is 16.5. The highest BCUT2D eigenvalue weighted by Gasteiger charge is 2.34. The zero-order chi connectivity index (χ0) is 19.7. The van der Waals surface area contributed by atoms with Crippen LogP contribution in [-0.4, -0.2) is 32.3 Å². The van der Waals surface area contributed by atoms with Crippen molar-refractivity contribution in [3.8, 4) is 0 Å². The molecule has 1 fully saturated rings. The molecule has 1 aliphatic rings. The summed E-state index contributed by atoms with van der Waals surface area (Å²) < 4.78 is 19.0. The number of nitrogens with zero attached hydrogens (tertiary/aromatic N) is 4. The van der Waals surface area contributed by atoms with Crippen molar-refractivity contribution < 1.29 is 13.6 Å². The second-order valence-corrected chi connectivity index (χ2v) is 6.88. The van der Waals surface area contributed by atoms with E-state index in [1.54, 1.807) is 36.2 Å². The van der Waals surface area contributed by atoms with E-state index < -0.39 is 0 Å². The Morgan fingerprint density at radius 1 is 1.32 bits per heavy atom. The molecular formula is C20H20FN5O2. The Morgan fingerprint density at radius 2 is 2.11 bits per heavy atom. The topological polar surface area (TPSA) is 98.1 Å². The molecule has 8 heteroatoms. The summed E-state index contributed by atoms with van der Waals surface area (Å²) in [7, 11) is 0. The predicted molar refractivity (Wildman–Crippen MR) is 99.9 cm³/mol. The lowest BCUT2D eigenvalue weighted by Crippen LogP contribution is -2.31. The number of nitrogen functional groups attached to an aromatic ring is 1. The molecule has 1 atom stereocenters. The number of carbonyl (C=O) groups excluding carboxylic acids is 1. The average Bonchev–Trinajstić information content (AvgIpc) is 3.31. The minimum atomic E-state index is -0.275. The van der Waals surface area contributed by atoms with E-state index in [9.17, 15) is 9.18 Å². The van der Waals surface area contributed by atoms with E-state index in [1.807, 2.05) is 0 Å². The largest absolute Gasteiger partial charge is 0.443 e. The van der Waals surface area contributed by atoms with Gasteiger partial charge in [0.1, 0.15) is 23.3 Å². The minimum absolute atomic E-state index is 0.0804. The standard InChI is InChI=1S/C20H20FN5O2/c1-12-9-16(25-20(22)24-12)19(27)26-8-2-3-17(26)18-23-11-15(28-18)10-13-4-6-14(21)7-5-13/h4-7,9,11,17H,2-3,8,10H2,1H3,(H2,22,24,25)/t17-/m1/s1. The molecule has 0 radical (unpaired) electrons. The van der Waals surface area contributed by atoms with Gasteiger partial charge < -0.3 is 15.1 Å². The van der Waals surface area contributed by atoms with Crippen molar-refractivity contribution in [1.82, 2.24) is 19.9 Å². The molecule has 2 N–H and O–H groups in total. The highest BCUT2D eigenvalue weighted by atomic mass is 19.1. The molecule has 1 amide bonds. The second-order valence-electron chi connectivity index (χ2n) is 6.88. The molecule has 0 saturated carbocycles. The number of aryl methyl sites for hydroxylation is 1. The fourth-order valence-electron chi connectivity index (χ4n) is 3.48. The molecule has 2 aromatic heterocycles. The zero-order valence-electron chi connectivity index (χ0n) is 15.4. The van der Waals surface area contributed by atoms with Gasteiger partial charge in [0.15, 0.2) is 0 Å². The quantitative estimate of drug-likeness (QED) is 0.746. The van der Waals surface area contributed by atoms with Gasteiger partial charge in [-0.25, -0.2) is 19.3 Å². The number of hydrogen-bond donors (Lipinski definition) is 1. The molecule has 0 spiro atoms.